The number of rotatable bonds is 12. The molecule has 6 heteroatoms. The van der Waals surface area contributed by atoms with Crippen molar-refractivity contribution in [2.45, 2.75) is 70.8 Å². The summed E-state index contributed by atoms with van der Waals surface area (Å²) in [6.07, 6.45) is 4.23. The van der Waals surface area contributed by atoms with E-state index in [9.17, 15) is 18.4 Å². The average Bonchev–Trinajstić information content (AvgIpc) is 2.63. The second-order valence-electron chi connectivity index (χ2n) is 6.27. The fourth-order valence-electron chi connectivity index (χ4n) is 2.71. The van der Waals surface area contributed by atoms with Crippen LogP contribution in [0, 0.1) is 0 Å². The molecule has 0 radical (unpaired) electrons. The van der Waals surface area contributed by atoms with E-state index < -0.39 is 23.8 Å². The van der Waals surface area contributed by atoms with Crippen molar-refractivity contribution in [1.29, 1.82) is 0 Å². The molecule has 0 heterocycles. The summed E-state index contributed by atoms with van der Waals surface area (Å²) in [6.45, 7) is 3.74. The minimum Gasteiger partial charge on any atom is -0.450 e. The third-order valence-corrected chi connectivity index (χ3v) is 4.16. The molecule has 0 bridgehead atoms. The van der Waals surface area contributed by atoms with Gasteiger partial charge >= 0.3 is 12.0 Å². The van der Waals surface area contributed by atoms with E-state index in [-0.39, 0.29) is 18.6 Å². The van der Waals surface area contributed by atoms with Crippen LogP contribution in [0.25, 0.3) is 0 Å². The van der Waals surface area contributed by atoms with Crippen LogP contribution in [0.2, 0.25) is 0 Å². The maximum Gasteiger partial charge on any atom is 0.407 e. The van der Waals surface area contributed by atoms with Crippen LogP contribution in [0.1, 0.15) is 70.4 Å². The SMILES string of the molecule is CCCCCCCCC(=O)C(F)(F)C(NC(=O)OCC)c1ccccc1. The van der Waals surface area contributed by atoms with Gasteiger partial charge in [0.2, 0.25) is 5.78 Å². The van der Waals surface area contributed by atoms with Gasteiger partial charge in [-0.1, -0.05) is 69.4 Å². The van der Waals surface area contributed by atoms with Gasteiger partial charge in [-0.2, -0.15) is 8.78 Å². The summed E-state index contributed by atoms with van der Waals surface area (Å²) in [4.78, 5) is 23.8. The Labute approximate surface area is 154 Å². The highest BCUT2D eigenvalue weighted by Gasteiger charge is 2.48. The Morgan fingerprint density at radius 1 is 1.04 bits per heavy atom. The number of halogens is 2. The fourth-order valence-corrected chi connectivity index (χ4v) is 2.71. The molecule has 0 aromatic heterocycles. The van der Waals surface area contributed by atoms with Crippen molar-refractivity contribution in [1.82, 2.24) is 5.32 Å². The van der Waals surface area contributed by atoms with E-state index in [0.717, 1.165) is 32.1 Å². The predicted molar refractivity (Wildman–Crippen MR) is 97.3 cm³/mol. The number of hydrogen-bond acceptors (Lipinski definition) is 3. The summed E-state index contributed by atoms with van der Waals surface area (Å²) in [6, 6.07) is 6.04. The van der Waals surface area contributed by atoms with Crippen LogP contribution in [-0.4, -0.2) is 24.4 Å². The van der Waals surface area contributed by atoms with Crippen LogP contribution in [0.5, 0.6) is 0 Å². The monoisotopic (exact) mass is 369 g/mol. The second kappa shape index (κ2) is 11.6. The van der Waals surface area contributed by atoms with Crippen molar-refractivity contribution in [3.8, 4) is 0 Å². The fraction of sp³-hybridized carbons (Fsp3) is 0.600. The normalized spacial score (nSPS) is 12.5. The molecule has 0 saturated heterocycles. The van der Waals surface area contributed by atoms with Crippen molar-refractivity contribution in [3.63, 3.8) is 0 Å². The number of Topliss-reactive ketones (excluding diaryl/α,β-unsaturated/α-hetero) is 1. The molecule has 1 amide bonds. The molecule has 146 valence electrons. The largest absolute Gasteiger partial charge is 0.450 e. The summed E-state index contributed by atoms with van der Waals surface area (Å²) >= 11 is 0. The highest BCUT2D eigenvalue weighted by atomic mass is 19.3. The van der Waals surface area contributed by atoms with E-state index in [2.05, 4.69) is 12.2 Å². The number of ketones is 1. The van der Waals surface area contributed by atoms with Crippen LogP contribution in [0.4, 0.5) is 13.6 Å². The van der Waals surface area contributed by atoms with Gasteiger partial charge in [-0.05, 0) is 18.9 Å². The zero-order valence-electron chi connectivity index (χ0n) is 15.6. The molecule has 26 heavy (non-hydrogen) atoms. The first-order valence-corrected chi connectivity index (χ1v) is 9.32. The Bertz CT molecular complexity index is 549. The summed E-state index contributed by atoms with van der Waals surface area (Å²) in [5.41, 5.74) is 0.168. The average molecular weight is 369 g/mol. The molecule has 0 aliphatic carbocycles. The van der Waals surface area contributed by atoms with Gasteiger partial charge < -0.3 is 10.1 Å². The van der Waals surface area contributed by atoms with Gasteiger partial charge in [0.25, 0.3) is 0 Å². The smallest absolute Gasteiger partial charge is 0.407 e. The number of benzene rings is 1. The minimum atomic E-state index is -3.70. The summed E-state index contributed by atoms with van der Waals surface area (Å²) in [5, 5.41) is 2.14. The lowest BCUT2D eigenvalue weighted by molar-refractivity contribution is -0.147. The molecular weight excluding hydrogens is 340 g/mol. The van der Waals surface area contributed by atoms with Crippen molar-refractivity contribution < 1.29 is 23.1 Å². The molecule has 1 rings (SSSR count). The van der Waals surface area contributed by atoms with Gasteiger partial charge in [-0.15, -0.1) is 0 Å². The molecule has 0 spiro atoms. The molecule has 0 saturated carbocycles. The number of nitrogens with one attached hydrogen (secondary N) is 1. The van der Waals surface area contributed by atoms with Crippen LogP contribution in [-0.2, 0) is 9.53 Å². The van der Waals surface area contributed by atoms with Gasteiger partial charge in [-0.25, -0.2) is 4.79 Å². The first kappa shape index (κ1) is 22.1. The van der Waals surface area contributed by atoms with Crippen molar-refractivity contribution in [3.05, 3.63) is 35.9 Å². The van der Waals surface area contributed by atoms with E-state index in [4.69, 9.17) is 4.74 Å². The lowest BCUT2D eigenvalue weighted by Gasteiger charge is -2.26. The minimum absolute atomic E-state index is 0.0601. The first-order valence-electron chi connectivity index (χ1n) is 9.32. The predicted octanol–water partition coefficient (Wildman–Crippen LogP) is 5.43. The second-order valence-corrected chi connectivity index (χ2v) is 6.27. The Morgan fingerprint density at radius 3 is 2.27 bits per heavy atom. The Hall–Kier alpha value is -1.98. The molecule has 1 unspecified atom stereocenters. The van der Waals surface area contributed by atoms with Crippen LogP contribution < -0.4 is 5.32 Å². The van der Waals surface area contributed by atoms with Crippen LogP contribution in [0.15, 0.2) is 30.3 Å². The number of unbranched alkanes of at least 4 members (excludes halogenated alkanes) is 5. The number of carbonyl (C=O) groups is 2. The third-order valence-electron chi connectivity index (χ3n) is 4.16. The van der Waals surface area contributed by atoms with Crippen LogP contribution >= 0.6 is 0 Å². The molecule has 1 atom stereocenters. The third kappa shape index (κ3) is 7.10. The highest BCUT2D eigenvalue weighted by molar-refractivity contribution is 5.87. The molecular formula is C20H29F2NO3. The van der Waals surface area contributed by atoms with Gasteiger partial charge in [-0.3, -0.25) is 4.79 Å². The quantitative estimate of drug-likeness (QED) is 0.500. The van der Waals surface area contributed by atoms with Gasteiger partial charge in [0.05, 0.1) is 6.61 Å². The van der Waals surface area contributed by atoms with Crippen molar-refractivity contribution in [2.75, 3.05) is 6.61 Å². The van der Waals surface area contributed by atoms with Crippen molar-refractivity contribution >= 4 is 11.9 Å². The van der Waals surface area contributed by atoms with E-state index in [1.165, 1.54) is 12.1 Å². The van der Waals surface area contributed by atoms with E-state index in [0.29, 0.717) is 6.42 Å². The molecule has 0 aliphatic heterocycles. The lowest BCUT2D eigenvalue weighted by atomic mass is 9.94. The van der Waals surface area contributed by atoms with Gasteiger partial charge in [0, 0.05) is 6.42 Å². The number of carbonyl (C=O) groups excluding carboxylic acids is 2. The maximum absolute atomic E-state index is 14.8. The maximum atomic E-state index is 14.8. The number of alkyl halides is 2. The van der Waals surface area contributed by atoms with E-state index >= 15 is 0 Å². The Balaban J connectivity index is 2.75. The molecule has 1 N–H and O–H groups in total. The number of amides is 1. The molecule has 1 aromatic rings. The number of alkyl carbamates (subject to hydrolysis) is 1. The zero-order valence-corrected chi connectivity index (χ0v) is 15.6. The Kier molecular flexibility index (Phi) is 9.84. The lowest BCUT2D eigenvalue weighted by Crippen LogP contribution is -2.45. The highest BCUT2D eigenvalue weighted by Crippen LogP contribution is 2.34. The van der Waals surface area contributed by atoms with Gasteiger partial charge in [0.15, 0.2) is 0 Å². The number of ether oxygens (including phenoxy) is 1. The summed E-state index contributed by atoms with van der Waals surface area (Å²) < 4.78 is 34.3. The van der Waals surface area contributed by atoms with Crippen molar-refractivity contribution in [2.24, 2.45) is 0 Å². The number of hydrogen-bond donors (Lipinski definition) is 1. The first-order chi connectivity index (χ1) is 12.4. The van der Waals surface area contributed by atoms with Crippen LogP contribution in [0.3, 0.4) is 0 Å². The summed E-state index contributed by atoms with van der Waals surface area (Å²) in [7, 11) is 0. The zero-order chi connectivity index (χ0) is 19.4. The van der Waals surface area contributed by atoms with Gasteiger partial charge in [0.1, 0.15) is 6.04 Å². The topological polar surface area (TPSA) is 55.4 Å². The molecule has 1 aromatic carbocycles. The van der Waals surface area contributed by atoms with E-state index in [1.54, 1.807) is 25.1 Å². The molecule has 0 fully saturated rings. The molecule has 0 aliphatic rings. The van der Waals surface area contributed by atoms with E-state index in [1.807, 2.05) is 0 Å². The Morgan fingerprint density at radius 2 is 1.65 bits per heavy atom. The standard InChI is InChI=1S/C20H29F2NO3/c1-3-5-6-7-8-12-15-17(24)20(21,22)18(23-19(25)26-4-2)16-13-10-9-11-14-16/h9-11,13-14,18H,3-8,12,15H2,1-2H3,(H,23,25). The molecule has 4 nitrogen and oxygen atoms in total. The summed E-state index contributed by atoms with van der Waals surface area (Å²) in [5.74, 6) is -4.85.